The van der Waals surface area contributed by atoms with Crippen LogP contribution in [0.25, 0.3) is 0 Å². The van der Waals surface area contributed by atoms with Crippen molar-refractivity contribution < 1.29 is 56.2 Å². The van der Waals surface area contributed by atoms with E-state index >= 15 is 0 Å². The van der Waals surface area contributed by atoms with Crippen LogP contribution in [0.15, 0.2) is 36.5 Å². The molecular weight excluding hydrogens is 813 g/mol. The minimum absolute atomic E-state index is 0.0333. The summed E-state index contributed by atoms with van der Waals surface area (Å²) in [7, 11) is -5.06. The Morgan fingerprint density at radius 2 is 1.06 bits per heavy atom. The number of esters is 1. The number of carbonyl (C=O) groups is 1. The van der Waals surface area contributed by atoms with Crippen LogP contribution in [0, 0.1) is 0 Å². The standard InChI is InChI=1S/C49H90O12S/c1-3-5-7-9-11-13-15-17-19-21-22-23-24-26-28-30-32-34-36-38-45(51)59-43(42-58-49-47(53)48(61-62(54,55)56)46(52)44(40-50)60-49)41-57-39-37-35-33-31-29-27-25-20-18-16-14-12-10-8-6-4-2/h11,13,17,19,22-23,43-44,46-50,52-53H,3-10,12,14-16,18,20-21,24-42H2,1-2H3,(H,54,55,56)/b13-11-,19-17-,23-22-. The molecule has 0 saturated carbocycles. The van der Waals surface area contributed by atoms with Gasteiger partial charge in [-0.15, -0.1) is 0 Å². The van der Waals surface area contributed by atoms with Crippen molar-refractivity contribution in [3.63, 3.8) is 0 Å². The third-order valence-electron chi connectivity index (χ3n) is 11.3. The average Bonchev–Trinajstić information content (AvgIpc) is 3.24. The number of carbonyl (C=O) groups excluding carboxylic acids is 1. The Bertz CT molecular complexity index is 1230. The molecule has 0 aromatic carbocycles. The fourth-order valence-corrected chi connectivity index (χ4v) is 8.01. The van der Waals surface area contributed by atoms with Crippen LogP contribution in [-0.2, 0) is 38.3 Å². The second-order valence-corrected chi connectivity index (χ2v) is 18.1. The molecule has 0 aromatic heterocycles. The van der Waals surface area contributed by atoms with Crippen LogP contribution in [0.1, 0.15) is 206 Å². The number of aliphatic hydroxyl groups is 3. The first-order chi connectivity index (χ1) is 30.1. The molecular formula is C49H90O12S. The number of rotatable bonds is 43. The molecule has 62 heavy (non-hydrogen) atoms. The molecule has 6 atom stereocenters. The normalized spacial score (nSPS) is 20.3. The molecule has 13 heteroatoms. The maximum Gasteiger partial charge on any atom is 0.397 e. The minimum atomic E-state index is -5.06. The van der Waals surface area contributed by atoms with Crippen LogP contribution in [0.4, 0.5) is 0 Å². The maximum atomic E-state index is 12.9. The van der Waals surface area contributed by atoms with Crippen molar-refractivity contribution in [1.82, 2.24) is 0 Å². The van der Waals surface area contributed by atoms with E-state index in [1.807, 2.05) is 0 Å². The summed E-state index contributed by atoms with van der Waals surface area (Å²) < 4.78 is 59.2. The summed E-state index contributed by atoms with van der Waals surface area (Å²) in [6, 6.07) is 0. The topological polar surface area (TPSA) is 178 Å². The summed E-state index contributed by atoms with van der Waals surface area (Å²) in [5.74, 6) is -0.409. The molecule has 4 N–H and O–H groups in total. The second-order valence-electron chi connectivity index (χ2n) is 17.1. The fraction of sp³-hybridized carbons (Fsp3) is 0.857. The number of aliphatic hydroxyl groups excluding tert-OH is 3. The molecule has 0 radical (unpaired) electrons. The molecule has 0 aromatic rings. The average molecular weight is 903 g/mol. The van der Waals surface area contributed by atoms with Crippen LogP contribution in [-0.4, -0.2) is 97.5 Å². The van der Waals surface area contributed by atoms with Gasteiger partial charge < -0.3 is 34.3 Å². The molecule has 1 heterocycles. The van der Waals surface area contributed by atoms with E-state index < -0.39 is 59.8 Å². The van der Waals surface area contributed by atoms with Gasteiger partial charge in [-0.2, -0.15) is 8.42 Å². The number of hydrogen-bond acceptors (Lipinski definition) is 11. The van der Waals surface area contributed by atoms with Gasteiger partial charge in [-0.3, -0.25) is 9.35 Å². The first-order valence-electron chi connectivity index (χ1n) is 24.7. The summed E-state index contributed by atoms with van der Waals surface area (Å²) in [6.45, 7) is 3.97. The molecule has 364 valence electrons. The predicted octanol–water partition coefficient (Wildman–Crippen LogP) is 11.0. The molecule has 0 amide bonds. The molecule has 1 rings (SSSR count). The van der Waals surface area contributed by atoms with Crippen LogP contribution in [0.3, 0.4) is 0 Å². The fourth-order valence-electron chi connectivity index (χ4n) is 7.50. The zero-order valence-electron chi connectivity index (χ0n) is 38.9. The van der Waals surface area contributed by atoms with Gasteiger partial charge in [-0.25, -0.2) is 4.18 Å². The van der Waals surface area contributed by atoms with E-state index in [2.05, 4.69) is 54.5 Å². The van der Waals surface area contributed by atoms with Crippen molar-refractivity contribution in [2.24, 2.45) is 0 Å². The summed E-state index contributed by atoms with van der Waals surface area (Å²) in [5, 5.41) is 30.7. The Kier molecular flexibility index (Phi) is 38.4. The lowest BCUT2D eigenvalue weighted by Crippen LogP contribution is -2.60. The zero-order chi connectivity index (χ0) is 45.4. The van der Waals surface area contributed by atoms with Crippen molar-refractivity contribution in [3.8, 4) is 0 Å². The first-order valence-corrected chi connectivity index (χ1v) is 26.1. The quantitative estimate of drug-likeness (QED) is 0.0197. The molecule has 1 aliphatic heterocycles. The molecule has 1 saturated heterocycles. The highest BCUT2D eigenvalue weighted by Gasteiger charge is 2.48. The number of ether oxygens (including phenoxy) is 4. The summed E-state index contributed by atoms with van der Waals surface area (Å²) in [5.41, 5.74) is 0. The molecule has 0 bridgehead atoms. The molecule has 0 aliphatic carbocycles. The highest BCUT2D eigenvalue weighted by Crippen LogP contribution is 2.26. The summed E-state index contributed by atoms with van der Waals surface area (Å²) >= 11 is 0. The SMILES string of the molecule is CCCCC/C=C\C/C=C\C/C=C\CCCCCCCCC(=O)OC(COCCCCCCCCCCCCCCCCCC)COC1OC(CO)C(O)C(OS(=O)(=O)O)C1O. The van der Waals surface area contributed by atoms with Crippen LogP contribution in [0.2, 0.25) is 0 Å². The van der Waals surface area contributed by atoms with Crippen molar-refractivity contribution >= 4 is 16.4 Å². The van der Waals surface area contributed by atoms with Gasteiger partial charge in [0.15, 0.2) is 6.29 Å². The van der Waals surface area contributed by atoms with Gasteiger partial charge in [0.05, 0.1) is 19.8 Å². The van der Waals surface area contributed by atoms with Crippen LogP contribution >= 0.6 is 0 Å². The number of unbranched alkanes of at least 4 members (excludes halogenated alkanes) is 24. The number of allylic oxidation sites excluding steroid dienone is 6. The summed E-state index contributed by atoms with van der Waals surface area (Å²) in [6.07, 6.45) is 38.8. The predicted molar refractivity (Wildman–Crippen MR) is 248 cm³/mol. The molecule has 1 aliphatic rings. The van der Waals surface area contributed by atoms with Crippen molar-refractivity contribution in [1.29, 1.82) is 0 Å². The molecule has 0 spiro atoms. The lowest BCUT2D eigenvalue weighted by Gasteiger charge is -2.41. The Morgan fingerprint density at radius 1 is 0.613 bits per heavy atom. The Labute approximate surface area is 377 Å². The first kappa shape index (κ1) is 58.3. The van der Waals surface area contributed by atoms with E-state index in [-0.39, 0.29) is 19.6 Å². The maximum absolute atomic E-state index is 12.9. The zero-order valence-corrected chi connectivity index (χ0v) is 39.7. The lowest BCUT2D eigenvalue weighted by atomic mass is 9.99. The Balaban J connectivity index is 2.39. The highest BCUT2D eigenvalue weighted by atomic mass is 32.3. The van der Waals surface area contributed by atoms with Crippen LogP contribution < -0.4 is 0 Å². The van der Waals surface area contributed by atoms with E-state index in [0.29, 0.717) is 13.0 Å². The largest absolute Gasteiger partial charge is 0.457 e. The highest BCUT2D eigenvalue weighted by molar-refractivity contribution is 7.80. The van der Waals surface area contributed by atoms with Gasteiger partial charge in [0, 0.05) is 13.0 Å². The van der Waals surface area contributed by atoms with Gasteiger partial charge in [-0.05, 0) is 51.4 Å². The Morgan fingerprint density at radius 3 is 1.58 bits per heavy atom. The third kappa shape index (κ3) is 33.8. The van der Waals surface area contributed by atoms with Gasteiger partial charge in [0.2, 0.25) is 0 Å². The summed E-state index contributed by atoms with van der Waals surface area (Å²) in [4.78, 5) is 12.9. The molecule has 12 nitrogen and oxygen atoms in total. The number of hydrogen-bond donors (Lipinski definition) is 4. The third-order valence-corrected chi connectivity index (χ3v) is 11.7. The van der Waals surface area contributed by atoms with E-state index in [0.717, 1.165) is 70.6 Å². The van der Waals surface area contributed by atoms with E-state index in [1.54, 1.807) is 0 Å². The van der Waals surface area contributed by atoms with Crippen molar-refractivity contribution in [2.75, 3.05) is 26.4 Å². The van der Waals surface area contributed by atoms with E-state index in [4.69, 9.17) is 18.9 Å². The van der Waals surface area contributed by atoms with Crippen molar-refractivity contribution in [3.05, 3.63) is 36.5 Å². The van der Waals surface area contributed by atoms with Crippen molar-refractivity contribution in [2.45, 2.75) is 243 Å². The minimum Gasteiger partial charge on any atom is -0.457 e. The molecule has 1 fully saturated rings. The Hall–Kier alpha value is -1.68. The van der Waals surface area contributed by atoms with Gasteiger partial charge in [-0.1, -0.05) is 185 Å². The van der Waals surface area contributed by atoms with Crippen LogP contribution in [0.5, 0.6) is 0 Å². The smallest absolute Gasteiger partial charge is 0.397 e. The van der Waals surface area contributed by atoms with E-state index in [1.165, 1.54) is 109 Å². The second kappa shape index (κ2) is 40.8. The molecule has 6 unspecified atom stereocenters. The van der Waals surface area contributed by atoms with Gasteiger partial charge in [0.25, 0.3) is 0 Å². The monoisotopic (exact) mass is 903 g/mol. The van der Waals surface area contributed by atoms with E-state index in [9.17, 15) is 33.1 Å². The van der Waals surface area contributed by atoms with Gasteiger partial charge >= 0.3 is 16.4 Å². The lowest BCUT2D eigenvalue weighted by molar-refractivity contribution is -0.301. The van der Waals surface area contributed by atoms with Gasteiger partial charge in [0.1, 0.15) is 30.5 Å².